The van der Waals surface area contributed by atoms with Gasteiger partial charge in [0.2, 0.25) is 5.91 Å². The summed E-state index contributed by atoms with van der Waals surface area (Å²) in [7, 11) is 0. The van der Waals surface area contributed by atoms with Gasteiger partial charge in [0.1, 0.15) is 13.2 Å². The minimum atomic E-state index is 0.0679. The molecule has 4 nitrogen and oxygen atoms in total. The number of thiophene rings is 1. The largest absolute Gasteiger partial charge is 0.486 e. The van der Waals surface area contributed by atoms with Crippen LogP contribution in [0.15, 0.2) is 35.7 Å². The quantitative estimate of drug-likeness (QED) is 0.924. The summed E-state index contributed by atoms with van der Waals surface area (Å²) in [6.45, 7) is 1.68. The molecule has 1 aliphatic rings. The third-order valence-corrected chi connectivity index (χ3v) is 4.21. The summed E-state index contributed by atoms with van der Waals surface area (Å²) in [5.41, 5.74) is 1.02. The molecule has 0 saturated heterocycles. The van der Waals surface area contributed by atoms with Crippen LogP contribution in [-0.4, -0.2) is 19.1 Å². The van der Waals surface area contributed by atoms with Gasteiger partial charge in [-0.3, -0.25) is 4.79 Å². The first-order valence-corrected chi connectivity index (χ1v) is 7.87. The van der Waals surface area contributed by atoms with E-state index in [-0.39, 0.29) is 5.91 Å². The number of nitrogens with one attached hydrogen (secondary N) is 1. The van der Waals surface area contributed by atoms with Crippen LogP contribution < -0.4 is 14.8 Å². The van der Waals surface area contributed by atoms with Crippen LogP contribution in [0.5, 0.6) is 11.5 Å². The van der Waals surface area contributed by atoms with E-state index < -0.39 is 0 Å². The highest BCUT2D eigenvalue weighted by atomic mass is 32.1. The molecule has 1 N–H and O–H groups in total. The SMILES string of the molecule is O=C(CCc1cccs1)NCc1ccc2c(c1)OCCO2. The Kier molecular flexibility index (Phi) is 4.40. The molecule has 21 heavy (non-hydrogen) atoms. The van der Waals surface area contributed by atoms with Crippen molar-refractivity contribution in [3.8, 4) is 11.5 Å². The minimum absolute atomic E-state index is 0.0679. The average Bonchev–Trinajstić information content (AvgIpc) is 3.04. The van der Waals surface area contributed by atoms with E-state index in [4.69, 9.17) is 9.47 Å². The van der Waals surface area contributed by atoms with Crippen molar-refractivity contribution in [2.24, 2.45) is 0 Å². The second-order valence-corrected chi connectivity index (χ2v) is 5.87. The zero-order valence-electron chi connectivity index (χ0n) is 11.6. The number of fused-ring (bicyclic) bond motifs is 1. The number of carbonyl (C=O) groups excluding carboxylic acids is 1. The number of amides is 1. The van der Waals surface area contributed by atoms with Crippen LogP contribution in [0.2, 0.25) is 0 Å². The normalized spacial score (nSPS) is 13.0. The molecule has 0 aliphatic carbocycles. The summed E-state index contributed by atoms with van der Waals surface area (Å²) in [6.07, 6.45) is 1.32. The fourth-order valence-corrected chi connectivity index (χ4v) is 2.89. The summed E-state index contributed by atoms with van der Waals surface area (Å²) >= 11 is 1.68. The van der Waals surface area contributed by atoms with E-state index in [1.165, 1.54) is 4.88 Å². The lowest BCUT2D eigenvalue weighted by molar-refractivity contribution is -0.121. The smallest absolute Gasteiger partial charge is 0.220 e. The summed E-state index contributed by atoms with van der Waals surface area (Å²) in [6, 6.07) is 9.83. The summed E-state index contributed by atoms with van der Waals surface area (Å²) in [4.78, 5) is 13.1. The van der Waals surface area contributed by atoms with Crippen molar-refractivity contribution in [2.75, 3.05) is 13.2 Å². The van der Waals surface area contributed by atoms with Crippen LogP contribution in [0, 0.1) is 0 Å². The molecule has 0 radical (unpaired) electrons. The highest BCUT2D eigenvalue weighted by Gasteiger charge is 2.12. The summed E-state index contributed by atoms with van der Waals surface area (Å²) in [5.74, 6) is 1.60. The summed E-state index contributed by atoms with van der Waals surface area (Å²) in [5, 5.41) is 4.97. The van der Waals surface area contributed by atoms with E-state index in [0.29, 0.717) is 26.2 Å². The fourth-order valence-electron chi connectivity index (χ4n) is 2.18. The molecule has 5 heteroatoms. The molecule has 0 bridgehead atoms. The second kappa shape index (κ2) is 6.63. The van der Waals surface area contributed by atoms with Gasteiger partial charge in [0.05, 0.1) is 0 Å². The highest BCUT2D eigenvalue weighted by molar-refractivity contribution is 7.09. The molecular weight excluding hydrogens is 286 g/mol. The number of benzene rings is 1. The number of hydrogen-bond donors (Lipinski definition) is 1. The van der Waals surface area contributed by atoms with Gasteiger partial charge >= 0.3 is 0 Å². The van der Waals surface area contributed by atoms with E-state index in [1.54, 1.807) is 11.3 Å². The molecule has 110 valence electrons. The Bertz CT molecular complexity index is 610. The van der Waals surface area contributed by atoms with Crippen molar-refractivity contribution in [3.05, 3.63) is 46.2 Å². The second-order valence-electron chi connectivity index (χ2n) is 4.83. The van der Waals surface area contributed by atoms with Crippen molar-refractivity contribution in [1.82, 2.24) is 5.32 Å². The van der Waals surface area contributed by atoms with Crippen molar-refractivity contribution in [2.45, 2.75) is 19.4 Å². The van der Waals surface area contributed by atoms with E-state index in [0.717, 1.165) is 23.5 Å². The molecule has 1 aliphatic heterocycles. The van der Waals surface area contributed by atoms with Crippen molar-refractivity contribution >= 4 is 17.2 Å². The lowest BCUT2D eigenvalue weighted by atomic mass is 10.2. The van der Waals surface area contributed by atoms with Crippen LogP contribution in [-0.2, 0) is 17.8 Å². The van der Waals surface area contributed by atoms with Gasteiger partial charge in [-0.15, -0.1) is 11.3 Å². The molecule has 1 aromatic heterocycles. The Labute approximate surface area is 127 Å². The first-order valence-electron chi connectivity index (χ1n) is 6.99. The number of ether oxygens (including phenoxy) is 2. The monoisotopic (exact) mass is 303 g/mol. The van der Waals surface area contributed by atoms with E-state index >= 15 is 0 Å². The molecular formula is C16H17NO3S. The van der Waals surface area contributed by atoms with Gasteiger partial charge in [-0.1, -0.05) is 12.1 Å². The van der Waals surface area contributed by atoms with Gasteiger partial charge < -0.3 is 14.8 Å². The molecule has 3 rings (SSSR count). The Morgan fingerprint density at radius 1 is 1.19 bits per heavy atom. The van der Waals surface area contributed by atoms with Gasteiger partial charge in [0.15, 0.2) is 11.5 Å². The van der Waals surface area contributed by atoms with Gasteiger partial charge in [-0.05, 0) is 35.6 Å². The van der Waals surface area contributed by atoms with Gasteiger partial charge in [-0.25, -0.2) is 0 Å². The first-order chi connectivity index (χ1) is 10.3. The highest BCUT2D eigenvalue weighted by Crippen LogP contribution is 2.30. The molecule has 0 fully saturated rings. The van der Waals surface area contributed by atoms with E-state index in [9.17, 15) is 4.79 Å². The zero-order valence-corrected chi connectivity index (χ0v) is 12.4. The maximum absolute atomic E-state index is 11.8. The predicted octanol–water partition coefficient (Wildman–Crippen LogP) is 2.77. The topological polar surface area (TPSA) is 47.6 Å². The standard InChI is InChI=1S/C16H17NO3S/c18-16(6-4-13-2-1-9-21-13)17-11-12-3-5-14-15(10-12)20-8-7-19-14/h1-3,5,9-10H,4,6-8,11H2,(H,17,18). The van der Waals surface area contributed by atoms with Crippen LogP contribution in [0.4, 0.5) is 0 Å². The van der Waals surface area contributed by atoms with Gasteiger partial charge in [-0.2, -0.15) is 0 Å². The van der Waals surface area contributed by atoms with Crippen molar-refractivity contribution in [1.29, 1.82) is 0 Å². The maximum Gasteiger partial charge on any atom is 0.220 e. The van der Waals surface area contributed by atoms with Crippen LogP contribution >= 0.6 is 11.3 Å². The van der Waals surface area contributed by atoms with E-state index in [2.05, 4.69) is 11.4 Å². The lowest BCUT2D eigenvalue weighted by Gasteiger charge is -2.18. The average molecular weight is 303 g/mol. The van der Waals surface area contributed by atoms with Gasteiger partial charge in [0, 0.05) is 17.8 Å². The number of carbonyl (C=O) groups is 1. The zero-order chi connectivity index (χ0) is 14.5. The Balaban J connectivity index is 1.49. The Morgan fingerprint density at radius 3 is 2.86 bits per heavy atom. The van der Waals surface area contributed by atoms with Crippen molar-refractivity contribution in [3.63, 3.8) is 0 Å². The predicted molar refractivity (Wildman–Crippen MR) is 81.9 cm³/mol. The molecule has 0 spiro atoms. The van der Waals surface area contributed by atoms with Crippen molar-refractivity contribution < 1.29 is 14.3 Å². The Hall–Kier alpha value is -2.01. The lowest BCUT2D eigenvalue weighted by Crippen LogP contribution is -2.23. The molecule has 0 saturated carbocycles. The third kappa shape index (κ3) is 3.76. The molecule has 2 heterocycles. The maximum atomic E-state index is 11.8. The van der Waals surface area contributed by atoms with Gasteiger partial charge in [0.25, 0.3) is 0 Å². The minimum Gasteiger partial charge on any atom is -0.486 e. The summed E-state index contributed by atoms with van der Waals surface area (Å²) < 4.78 is 11.0. The van der Waals surface area contributed by atoms with Crippen LogP contribution in [0.3, 0.4) is 0 Å². The number of rotatable bonds is 5. The molecule has 1 aromatic carbocycles. The Morgan fingerprint density at radius 2 is 2.05 bits per heavy atom. The fraction of sp³-hybridized carbons (Fsp3) is 0.312. The van der Waals surface area contributed by atoms with Crippen LogP contribution in [0.25, 0.3) is 0 Å². The molecule has 1 amide bonds. The third-order valence-electron chi connectivity index (χ3n) is 3.27. The van der Waals surface area contributed by atoms with Crippen LogP contribution in [0.1, 0.15) is 16.9 Å². The van der Waals surface area contributed by atoms with E-state index in [1.807, 2.05) is 29.6 Å². The number of hydrogen-bond acceptors (Lipinski definition) is 4. The first kappa shape index (κ1) is 13.9. The molecule has 2 aromatic rings. The molecule has 0 unspecified atom stereocenters. The molecule has 0 atom stereocenters. The number of aryl methyl sites for hydroxylation is 1.